The minimum atomic E-state index is -3.65. The second-order valence-corrected chi connectivity index (χ2v) is 10.0. The number of sulfonamides is 1. The van der Waals surface area contributed by atoms with Crippen LogP contribution in [0.2, 0.25) is 0 Å². The largest absolute Gasteiger partial charge is 0.325 e. The Labute approximate surface area is 159 Å². The Kier molecular flexibility index (Phi) is 6.49. The summed E-state index contributed by atoms with van der Waals surface area (Å²) in [5.41, 5.74) is -0.133. The van der Waals surface area contributed by atoms with E-state index in [-0.39, 0.29) is 16.1 Å². The van der Waals surface area contributed by atoms with Crippen molar-refractivity contribution in [1.82, 2.24) is 4.72 Å². The molecule has 1 atom stereocenters. The fourth-order valence-corrected chi connectivity index (χ4v) is 4.56. The summed E-state index contributed by atoms with van der Waals surface area (Å²) < 4.78 is 27.5. The Hall–Kier alpha value is -1.83. The van der Waals surface area contributed by atoms with Crippen LogP contribution in [0.3, 0.4) is 0 Å². The van der Waals surface area contributed by atoms with Gasteiger partial charge in [0.2, 0.25) is 15.9 Å². The number of hydrogen-bond acceptors (Lipinski definition) is 4. The number of thioether (sulfide) groups is 1. The Bertz CT molecular complexity index is 860. The Morgan fingerprint density at radius 1 is 1.04 bits per heavy atom. The van der Waals surface area contributed by atoms with Crippen molar-refractivity contribution in [2.75, 3.05) is 5.32 Å². The third-order valence-electron chi connectivity index (χ3n) is 3.28. The molecule has 0 saturated heterocycles. The van der Waals surface area contributed by atoms with Crippen molar-refractivity contribution in [3.05, 3.63) is 54.6 Å². The molecule has 0 aromatic heterocycles. The average Bonchev–Trinajstić information content (AvgIpc) is 2.54. The van der Waals surface area contributed by atoms with Crippen LogP contribution in [0.15, 0.2) is 64.4 Å². The number of amides is 1. The van der Waals surface area contributed by atoms with Crippen molar-refractivity contribution in [3.8, 4) is 0 Å². The second-order valence-electron chi connectivity index (χ2n) is 6.95. The summed E-state index contributed by atoms with van der Waals surface area (Å²) in [6.45, 7) is 7.14. The van der Waals surface area contributed by atoms with Gasteiger partial charge < -0.3 is 5.32 Å². The molecule has 0 bridgehead atoms. The fraction of sp³-hybridized carbons (Fsp3) is 0.316. The van der Waals surface area contributed by atoms with E-state index in [0.29, 0.717) is 5.69 Å². The van der Waals surface area contributed by atoms with Crippen molar-refractivity contribution in [3.63, 3.8) is 0 Å². The number of benzene rings is 2. The summed E-state index contributed by atoms with van der Waals surface area (Å²) in [5.74, 6) is -0.183. The van der Waals surface area contributed by atoms with Crippen LogP contribution in [0.25, 0.3) is 0 Å². The molecule has 7 heteroatoms. The molecule has 0 saturated carbocycles. The number of anilines is 1. The molecule has 0 aliphatic heterocycles. The van der Waals surface area contributed by atoms with Crippen molar-refractivity contribution < 1.29 is 13.2 Å². The van der Waals surface area contributed by atoms with Gasteiger partial charge in [-0.1, -0.05) is 24.3 Å². The molecule has 5 nitrogen and oxygen atoms in total. The highest BCUT2D eigenvalue weighted by Crippen LogP contribution is 2.24. The summed E-state index contributed by atoms with van der Waals surface area (Å²) in [7, 11) is -3.65. The summed E-state index contributed by atoms with van der Waals surface area (Å²) >= 11 is 1.45. The first-order valence-electron chi connectivity index (χ1n) is 8.23. The van der Waals surface area contributed by atoms with Crippen molar-refractivity contribution in [1.29, 1.82) is 0 Å². The smallest absolute Gasteiger partial charge is 0.241 e. The maximum Gasteiger partial charge on any atom is 0.241 e. The van der Waals surface area contributed by atoms with E-state index in [4.69, 9.17) is 0 Å². The van der Waals surface area contributed by atoms with Gasteiger partial charge in [0.25, 0.3) is 0 Å². The molecule has 26 heavy (non-hydrogen) atoms. The highest BCUT2D eigenvalue weighted by atomic mass is 32.2. The van der Waals surface area contributed by atoms with Crippen LogP contribution in [0, 0.1) is 0 Å². The topological polar surface area (TPSA) is 75.3 Å². The Morgan fingerprint density at radius 3 is 2.31 bits per heavy atom. The first kappa shape index (κ1) is 20.5. The lowest BCUT2D eigenvalue weighted by Gasteiger charge is -2.20. The van der Waals surface area contributed by atoms with Crippen LogP contribution in [0.4, 0.5) is 5.69 Å². The van der Waals surface area contributed by atoms with E-state index in [0.717, 1.165) is 4.90 Å². The highest BCUT2D eigenvalue weighted by molar-refractivity contribution is 8.00. The summed E-state index contributed by atoms with van der Waals surface area (Å²) in [6.07, 6.45) is 0. The maximum atomic E-state index is 12.4. The van der Waals surface area contributed by atoms with E-state index < -0.39 is 15.6 Å². The van der Waals surface area contributed by atoms with Crippen LogP contribution < -0.4 is 10.0 Å². The van der Waals surface area contributed by atoms with Crippen LogP contribution in [0.5, 0.6) is 0 Å². The van der Waals surface area contributed by atoms with Gasteiger partial charge in [0.15, 0.2) is 0 Å². The molecule has 2 aromatic rings. The van der Waals surface area contributed by atoms with Gasteiger partial charge in [-0.2, -0.15) is 0 Å². The number of rotatable bonds is 6. The zero-order chi connectivity index (χ0) is 19.4. The molecule has 2 rings (SSSR count). The predicted molar refractivity (Wildman–Crippen MR) is 107 cm³/mol. The van der Waals surface area contributed by atoms with Crippen molar-refractivity contribution in [2.24, 2.45) is 0 Å². The number of carbonyl (C=O) groups is 1. The number of hydrogen-bond donors (Lipinski definition) is 2. The third-order valence-corrected chi connectivity index (χ3v) is 6.15. The molecule has 1 unspecified atom stereocenters. The van der Waals surface area contributed by atoms with Crippen molar-refractivity contribution >= 4 is 33.4 Å². The molecule has 1 amide bonds. The normalized spacial score (nSPS) is 13.2. The number of carbonyl (C=O) groups excluding carboxylic acids is 1. The van der Waals surface area contributed by atoms with Crippen LogP contribution in [-0.2, 0) is 14.8 Å². The molecule has 2 N–H and O–H groups in total. The SMILES string of the molecule is CC(Sc1ccccc1)C(=O)Nc1cccc(S(=O)(=O)NC(C)(C)C)c1. The summed E-state index contributed by atoms with van der Waals surface area (Å²) in [5, 5.41) is 2.47. The molecule has 140 valence electrons. The van der Waals surface area contributed by atoms with E-state index in [1.54, 1.807) is 32.9 Å². The van der Waals surface area contributed by atoms with E-state index in [2.05, 4.69) is 10.0 Å². The molecule has 0 aliphatic rings. The molecule has 0 radical (unpaired) electrons. The highest BCUT2D eigenvalue weighted by Gasteiger charge is 2.22. The van der Waals surface area contributed by atoms with E-state index in [9.17, 15) is 13.2 Å². The number of nitrogens with one attached hydrogen (secondary N) is 2. The van der Waals surface area contributed by atoms with E-state index in [1.807, 2.05) is 37.3 Å². The maximum absolute atomic E-state index is 12.4. The molecular formula is C19H24N2O3S2. The van der Waals surface area contributed by atoms with Gasteiger partial charge in [0.05, 0.1) is 10.1 Å². The van der Waals surface area contributed by atoms with Gasteiger partial charge in [-0.25, -0.2) is 13.1 Å². The van der Waals surface area contributed by atoms with Gasteiger partial charge in [-0.3, -0.25) is 4.79 Å². The standard InChI is InChI=1S/C19H24N2O3S2/c1-14(25-16-10-6-5-7-11-16)18(22)20-15-9-8-12-17(13-15)26(23,24)21-19(2,3)4/h5-14,21H,1-4H3,(H,20,22). The second kappa shape index (κ2) is 8.24. The quantitative estimate of drug-likeness (QED) is 0.732. The van der Waals surface area contributed by atoms with Gasteiger partial charge in [-0.15, -0.1) is 11.8 Å². The van der Waals surface area contributed by atoms with Gasteiger partial charge >= 0.3 is 0 Å². The monoisotopic (exact) mass is 392 g/mol. The zero-order valence-electron chi connectivity index (χ0n) is 15.3. The van der Waals surface area contributed by atoms with E-state index >= 15 is 0 Å². The fourth-order valence-electron chi connectivity index (χ4n) is 2.20. The Balaban J connectivity index is 2.09. The van der Waals surface area contributed by atoms with Crippen molar-refractivity contribution in [2.45, 2.75) is 48.3 Å². The molecule has 0 fully saturated rings. The minimum Gasteiger partial charge on any atom is -0.325 e. The molecule has 0 spiro atoms. The molecule has 0 aliphatic carbocycles. The summed E-state index contributed by atoms with van der Waals surface area (Å²) in [4.78, 5) is 13.5. The average molecular weight is 393 g/mol. The Morgan fingerprint density at radius 2 is 1.69 bits per heavy atom. The van der Waals surface area contributed by atoms with E-state index in [1.165, 1.54) is 23.9 Å². The van der Waals surface area contributed by atoms with Gasteiger partial charge in [0.1, 0.15) is 0 Å². The molecule has 0 heterocycles. The predicted octanol–water partition coefficient (Wildman–Crippen LogP) is 3.88. The first-order valence-corrected chi connectivity index (χ1v) is 10.6. The lowest BCUT2D eigenvalue weighted by Crippen LogP contribution is -2.40. The molecule has 2 aromatic carbocycles. The van der Waals surface area contributed by atoms with Crippen LogP contribution in [0.1, 0.15) is 27.7 Å². The lowest BCUT2D eigenvalue weighted by atomic mass is 10.1. The van der Waals surface area contributed by atoms with Crippen LogP contribution >= 0.6 is 11.8 Å². The molecular weight excluding hydrogens is 368 g/mol. The first-order chi connectivity index (χ1) is 12.1. The lowest BCUT2D eigenvalue weighted by molar-refractivity contribution is -0.115. The van der Waals surface area contributed by atoms with Crippen LogP contribution in [-0.4, -0.2) is 25.1 Å². The third kappa shape index (κ3) is 6.16. The summed E-state index contributed by atoms with van der Waals surface area (Å²) in [6, 6.07) is 15.9. The minimum absolute atomic E-state index is 0.119. The van der Waals surface area contributed by atoms with Gasteiger partial charge in [0, 0.05) is 16.1 Å². The zero-order valence-corrected chi connectivity index (χ0v) is 16.9. The van der Waals surface area contributed by atoms with Gasteiger partial charge in [-0.05, 0) is 58.0 Å².